The van der Waals surface area contributed by atoms with Crippen LogP contribution >= 0.6 is 27.7 Å². The number of hydrogen-bond donors (Lipinski definition) is 0. The molecular weight excluding hydrogens is 450 g/mol. The summed E-state index contributed by atoms with van der Waals surface area (Å²) in [6.45, 7) is 2.51. The first kappa shape index (κ1) is 19.9. The molecule has 1 fully saturated rings. The number of carbonyl (C=O) groups excluding carboxylic acids is 1. The highest BCUT2D eigenvalue weighted by atomic mass is 79.9. The highest BCUT2D eigenvalue weighted by Crippen LogP contribution is 2.45. The molecular formula is C22H20BrN3O2S. The van der Waals surface area contributed by atoms with Crippen molar-refractivity contribution in [2.24, 2.45) is 0 Å². The Bertz CT molecular complexity index is 1050. The van der Waals surface area contributed by atoms with Gasteiger partial charge >= 0.3 is 0 Å². The highest BCUT2D eigenvalue weighted by molar-refractivity contribution is 9.10. The van der Waals surface area contributed by atoms with Crippen LogP contribution in [0.25, 0.3) is 0 Å². The quantitative estimate of drug-likeness (QED) is 0.633. The van der Waals surface area contributed by atoms with Crippen LogP contribution in [0, 0.1) is 18.3 Å². The van der Waals surface area contributed by atoms with Gasteiger partial charge in [-0.1, -0.05) is 39.8 Å². The summed E-state index contributed by atoms with van der Waals surface area (Å²) in [6.07, 6.45) is 0.251. The molecule has 1 amide bonds. The maximum Gasteiger partial charge on any atom is 0.229 e. The maximum absolute atomic E-state index is 13.1. The number of methoxy groups -OCH3 is 1. The van der Waals surface area contributed by atoms with Crippen LogP contribution in [0.3, 0.4) is 0 Å². The zero-order chi connectivity index (χ0) is 20.5. The topological polar surface area (TPSA) is 56.6 Å². The molecule has 2 heterocycles. The van der Waals surface area contributed by atoms with Gasteiger partial charge in [0.05, 0.1) is 36.3 Å². The number of amides is 1. The number of fused-ring (bicyclic) bond motifs is 1. The van der Waals surface area contributed by atoms with E-state index in [1.807, 2.05) is 24.3 Å². The second kappa shape index (κ2) is 8.13. The number of ether oxygens (including phenoxy) is 1. The smallest absolute Gasteiger partial charge is 0.229 e. The van der Waals surface area contributed by atoms with E-state index in [1.165, 1.54) is 5.56 Å². The standard InChI is InChI=1S/C22H20BrN3O2S/c1-14-4-3-5-16(8-14)25-12-26-21(27)10-17(19(11-24)22(26)29-13-25)18-9-15(23)6-7-20(18)28-2/h3-9,17H,10,12-13H2,1-2H3/t17-/m1/s1. The Kier molecular flexibility index (Phi) is 5.57. The summed E-state index contributed by atoms with van der Waals surface area (Å²) in [5.74, 6) is 1.10. The van der Waals surface area contributed by atoms with Crippen molar-refractivity contribution in [2.45, 2.75) is 19.3 Å². The van der Waals surface area contributed by atoms with Gasteiger partial charge < -0.3 is 9.64 Å². The molecule has 2 aromatic carbocycles. The summed E-state index contributed by atoms with van der Waals surface area (Å²) in [4.78, 5) is 17.0. The molecule has 0 bridgehead atoms. The first-order valence-corrected chi connectivity index (χ1v) is 11.0. The SMILES string of the molecule is COc1ccc(Br)cc1[C@H]1CC(=O)N2CN(c3cccc(C)c3)CSC2=C1C#N. The number of carbonyl (C=O) groups is 1. The summed E-state index contributed by atoms with van der Waals surface area (Å²) < 4.78 is 6.41. The Hall–Kier alpha value is -2.43. The van der Waals surface area contributed by atoms with Gasteiger partial charge in [0.1, 0.15) is 5.75 Å². The lowest BCUT2D eigenvalue weighted by molar-refractivity contribution is -0.129. The van der Waals surface area contributed by atoms with Crippen LogP contribution in [-0.2, 0) is 4.79 Å². The Balaban J connectivity index is 1.71. The van der Waals surface area contributed by atoms with E-state index in [0.29, 0.717) is 23.9 Å². The first-order valence-electron chi connectivity index (χ1n) is 9.24. The highest BCUT2D eigenvalue weighted by Gasteiger charge is 2.39. The molecule has 1 saturated heterocycles. The molecule has 2 aromatic rings. The fourth-order valence-electron chi connectivity index (χ4n) is 3.79. The lowest BCUT2D eigenvalue weighted by atomic mass is 9.86. The number of nitrogens with zero attached hydrogens (tertiary/aromatic N) is 3. The van der Waals surface area contributed by atoms with Crippen molar-refractivity contribution in [3.05, 3.63) is 68.7 Å². The van der Waals surface area contributed by atoms with Crippen LogP contribution in [0.1, 0.15) is 23.5 Å². The van der Waals surface area contributed by atoms with Gasteiger partial charge in [0, 0.05) is 28.1 Å². The van der Waals surface area contributed by atoms with E-state index in [9.17, 15) is 10.1 Å². The zero-order valence-corrected chi connectivity index (χ0v) is 18.6. The van der Waals surface area contributed by atoms with Crippen LogP contribution in [0.15, 0.2) is 57.5 Å². The van der Waals surface area contributed by atoms with Gasteiger partial charge in [-0.3, -0.25) is 9.69 Å². The van der Waals surface area contributed by atoms with Crippen molar-refractivity contribution in [3.63, 3.8) is 0 Å². The van der Waals surface area contributed by atoms with Crippen LogP contribution in [-0.4, -0.2) is 30.5 Å². The van der Waals surface area contributed by atoms with E-state index in [0.717, 1.165) is 20.8 Å². The van der Waals surface area contributed by atoms with Crippen molar-refractivity contribution in [2.75, 3.05) is 24.6 Å². The Morgan fingerprint density at radius 2 is 2.10 bits per heavy atom. The monoisotopic (exact) mass is 469 g/mol. The van der Waals surface area contributed by atoms with Gasteiger partial charge in [-0.05, 0) is 42.8 Å². The second-order valence-corrected chi connectivity index (χ2v) is 8.94. The molecule has 0 spiro atoms. The number of benzene rings is 2. The van der Waals surface area contributed by atoms with E-state index in [1.54, 1.807) is 23.8 Å². The van der Waals surface area contributed by atoms with Crippen LogP contribution in [0.2, 0.25) is 0 Å². The first-order chi connectivity index (χ1) is 14.0. The minimum Gasteiger partial charge on any atom is -0.496 e. The largest absolute Gasteiger partial charge is 0.496 e. The molecule has 0 radical (unpaired) electrons. The fraction of sp³-hybridized carbons (Fsp3) is 0.273. The van der Waals surface area contributed by atoms with Gasteiger partial charge in [-0.2, -0.15) is 5.26 Å². The molecule has 0 N–H and O–H groups in total. The van der Waals surface area contributed by atoms with Gasteiger partial charge in [0.25, 0.3) is 0 Å². The minimum absolute atomic E-state index is 0.0240. The summed E-state index contributed by atoms with van der Waals surface area (Å²) in [6, 6.07) is 16.3. The van der Waals surface area contributed by atoms with Crippen LogP contribution in [0.5, 0.6) is 5.75 Å². The molecule has 2 aliphatic rings. The molecule has 1 atom stereocenters. The maximum atomic E-state index is 13.1. The Labute approximate surface area is 183 Å². The van der Waals surface area contributed by atoms with Crippen LogP contribution in [0.4, 0.5) is 5.69 Å². The molecule has 2 aliphatic heterocycles. The van der Waals surface area contributed by atoms with Gasteiger partial charge in [-0.15, -0.1) is 0 Å². The van der Waals surface area contributed by atoms with E-state index >= 15 is 0 Å². The number of rotatable bonds is 3. The molecule has 0 unspecified atom stereocenters. The van der Waals surface area contributed by atoms with Crippen molar-refractivity contribution in [3.8, 4) is 11.8 Å². The summed E-state index contributed by atoms with van der Waals surface area (Å²) in [5, 5.41) is 10.7. The molecule has 0 aromatic heterocycles. The average Bonchev–Trinajstić information content (AvgIpc) is 2.73. The fourth-order valence-corrected chi connectivity index (χ4v) is 5.34. The van der Waals surface area contributed by atoms with Gasteiger partial charge in [-0.25, -0.2) is 0 Å². The van der Waals surface area contributed by atoms with Crippen molar-refractivity contribution in [1.82, 2.24) is 4.90 Å². The number of halogens is 1. The lowest BCUT2D eigenvalue weighted by Crippen LogP contribution is -2.47. The summed E-state index contributed by atoms with van der Waals surface area (Å²) in [5.41, 5.74) is 3.76. The normalized spacial score (nSPS) is 19.1. The molecule has 4 rings (SSSR count). The van der Waals surface area contributed by atoms with Crippen molar-refractivity contribution in [1.29, 1.82) is 5.26 Å². The van der Waals surface area contributed by atoms with E-state index in [2.05, 4.69) is 52.0 Å². The molecule has 0 saturated carbocycles. The van der Waals surface area contributed by atoms with Gasteiger partial charge in [0.2, 0.25) is 5.91 Å². The second-order valence-electron chi connectivity index (χ2n) is 7.09. The number of thioether (sulfide) groups is 1. The Morgan fingerprint density at radius 1 is 1.28 bits per heavy atom. The summed E-state index contributed by atoms with van der Waals surface area (Å²) >= 11 is 5.04. The molecule has 148 valence electrons. The summed E-state index contributed by atoms with van der Waals surface area (Å²) in [7, 11) is 1.61. The molecule has 0 aliphatic carbocycles. The number of aryl methyl sites for hydroxylation is 1. The van der Waals surface area contributed by atoms with Crippen LogP contribution < -0.4 is 9.64 Å². The number of nitriles is 1. The van der Waals surface area contributed by atoms with E-state index in [4.69, 9.17) is 4.74 Å². The van der Waals surface area contributed by atoms with E-state index in [-0.39, 0.29) is 18.2 Å². The zero-order valence-electron chi connectivity index (χ0n) is 16.2. The molecule has 5 nitrogen and oxygen atoms in total. The third kappa shape index (κ3) is 3.75. The van der Waals surface area contributed by atoms with E-state index < -0.39 is 0 Å². The minimum atomic E-state index is -0.302. The third-order valence-electron chi connectivity index (χ3n) is 5.23. The predicted molar refractivity (Wildman–Crippen MR) is 119 cm³/mol. The number of hydrogen-bond acceptors (Lipinski definition) is 5. The van der Waals surface area contributed by atoms with Crippen molar-refractivity contribution < 1.29 is 9.53 Å². The lowest BCUT2D eigenvalue weighted by Gasteiger charge is -2.42. The predicted octanol–water partition coefficient (Wildman–Crippen LogP) is 4.99. The third-order valence-corrected chi connectivity index (χ3v) is 6.88. The Morgan fingerprint density at radius 3 is 2.83 bits per heavy atom. The molecule has 29 heavy (non-hydrogen) atoms. The number of anilines is 1. The molecule has 7 heteroatoms. The average molecular weight is 470 g/mol. The number of allylic oxidation sites excluding steroid dienone is 1. The van der Waals surface area contributed by atoms with Crippen molar-refractivity contribution >= 4 is 39.3 Å². The van der Waals surface area contributed by atoms with Gasteiger partial charge in [0.15, 0.2) is 0 Å².